The molecule has 0 spiro atoms. The van der Waals surface area contributed by atoms with Crippen molar-refractivity contribution in [3.05, 3.63) is 87.2 Å². The van der Waals surface area contributed by atoms with Gasteiger partial charge in [-0.3, -0.25) is 19.1 Å². The highest BCUT2D eigenvalue weighted by molar-refractivity contribution is 7.21. The number of carbonyl (C=O) groups excluding carboxylic acids is 1. The van der Waals surface area contributed by atoms with Crippen LogP contribution in [0.1, 0.15) is 23.7 Å². The molecule has 0 saturated heterocycles. The van der Waals surface area contributed by atoms with Crippen LogP contribution >= 0.6 is 11.3 Å². The van der Waals surface area contributed by atoms with Gasteiger partial charge in [0.05, 0.1) is 21.2 Å². The zero-order valence-electron chi connectivity index (χ0n) is 17.7. The lowest BCUT2D eigenvalue weighted by Crippen LogP contribution is -2.31. The monoisotopic (exact) mass is 457 g/mol. The largest absolute Gasteiger partial charge is 0.329 e. The summed E-state index contributed by atoms with van der Waals surface area (Å²) >= 11 is 1.58. The van der Waals surface area contributed by atoms with Crippen molar-refractivity contribution in [2.24, 2.45) is 0 Å². The second kappa shape index (κ2) is 8.44. The van der Waals surface area contributed by atoms with E-state index in [9.17, 15) is 14.4 Å². The van der Waals surface area contributed by atoms with Crippen molar-refractivity contribution >= 4 is 44.2 Å². The highest BCUT2D eigenvalue weighted by atomic mass is 32.1. The maximum Gasteiger partial charge on any atom is 0.329 e. The van der Waals surface area contributed by atoms with Crippen LogP contribution in [0.5, 0.6) is 0 Å². The summed E-state index contributed by atoms with van der Waals surface area (Å²) < 4.78 is 2.50. The van der Waals surface area contributed by atoms with Crippen molar-refractivity contribution in [3.63, 3.8) is 0 Å². The fraction of sp³-hybridized carbons (Fsp3) is 0.125. The number of thiazole rings is 1. The van der Waals surface area contributed by atoms with Crippen LogP contribution in [0.4, 0.5) is 5.69 Å². The summed E-state index contributed by atoms with van der Waals surface area (Å²) in [5.74, 6) is -0.404. The van der Waals surface area contributed by atoms with Gasteiger partial charge in [0.1, 0.15) is 10.7 Å². The maximum absolute atomic E-state index is 12.9. The third kappa shape index (κ3) is 3.94. The molecule has 0 unspecified atom stereocenters. The standard InChI is InChI=1S/C24H19N5O3S/c1-2-10-29-20-17(22(31)28-24(29)32)12-15(13-25-20)21(30)26-16-7-5-6-14(11-16)23-27-18-8-3-4-9-19(18)33-23/h3-9,11-13H,2,10H2,1H3,(H,26,30)(H,28,31,32). The zero-order valence-corrected chi connectivity index (χ0v) is 18.5. The average molecular weight is 458 g/mol. The summed E-state index contributed by atoms with van der Waals surface area (Å²) in [6.07, 6.45) is 2.08. The van der Waals surface area contributed by atoms with E-state index in [2.05, 4.69) is 20.3 Å². The predicted octanol–water partition coefficient (Wildman–Crippen LogP) is 4.02. The lowest BCUT2D eigenvalue weighted by Gasteiger charge is -2.09. The van der Waals surface area contributed by atoms with Crippen molar-refractivity contribution < 1.29 is 4.79 Å². The molecule has 0 aliphatic rings. The van der Waals surface area contributed by atoms with E-state index >= 15 is 0 Å². The molecule has 0 fully saturated rings. The maximum atomic E-state index is 12.9. The highest BCUT2D eigenvalue weighted by Crippen LogP contribution is 2.31. The van der Waals surface area contributed by atoms with Crippen LogP contribution in [0.2, 0.25) is 0 Å². The number of hydrogen-bond acceptors (Lipinski definition) is 6. The van der Waals surface area contributed by atoms with E-state index in [1.54, 1.807) is 17.4 Å². The van der Waals surface area contributed by atoms with Gasteiger partial charge >= 0.3 is 5.69 Å². The van der Waals surface area contributed by atoms with E-state index in [1.807, 2.05) is 49.4 Å². The number of fused-ring (bicyclic) bond motifs is 2. The molecule has 3 heterocycles. The third-order valence-electron chi connectivity index (χ3n) is 5.20. The Balaban J connectivity index is 1.45. The summed E-state index contributed by atoms with van der Waals surface area (Å²) in [5.41, 5.74) is 1.83. The molecule has 8 nitrogen and oxygen atoms in total. The fourth-order valence-electron chi connectivity index (χ4n) is 3.65. The third-order valence-corrected chi connectivity index (χ3v) is 6.29. The minimum absolute atomic E-state index is 0.193. The van der Waals surface area contributed by atoms with Crippen LogP contribution in [0.25, 0.3) is 31.8 Å². The van der Waals surface area contributed by atoms with Gasteiger partial charge in [0.15, 0.2) is 0 Å². The number of nitrogens with one attached hydrogen (secondary N) is 2. The van der Waals surface area contributed by atoms with Gasteiger partial charge in [-0.25, -0.2) is 14.8 Å². The van der Waals surface area contributed by atoms with E-state index in [1.165, 1.54) is 16.8 Å². The Morgan fingerprint density at radius 3 is 2.79 bits per heavy atom. The normalized spacial score (nSPS) is 11.2. The zero-order chi connectivity index (χ0) is 22.9. The molecule has 0 aliphatic heterocycles. The molecule has 5 rings (SSSR count). The van der Waals surface area contributed by atoms with Gasteiger partial charge in [0, 0.05) is 24.0 Å². The number of hydrogen-bond donors (Lipinski definition) is 2. The molecule has 33 heavy (non-hydrogen) atoms. The van der Waals surface area contributed by atoms with Gasteiger partial charge in [-0.05, 0) is 36.8 Å². The number of benzene rings is 2. The van der Waals surface area contributed by atoms with Crippen molar-refractivity contribution in [3.8, 4) is 10.6 Å². The van der Waals surface area contributed by atoms with Crippen LogP contribution in [0.3, 0.4) is 0 Å². The van der Waals surface area contributed by atoms with E-state index in [4.69, 9.17) is 0 Å². The van der Waals surface area contributed by atoms with Crippen LogP contribution in [-0.2, 0) is 6.54 Å². The van der Waals surface area contributed by atoms with E-state index in [-0.39, 0.29) is 16.6 Å². The van der Waals surface area contributed by atoms with Gasteiger partial charge in [-0.1, -0.05) is 31.2 Å². The number of carbonyl (C=O) groups is 1. The van der Waals surface area contributed by atoms with E-state index in [0.717, 1.165) is 20.8 Å². The Morgan fingerprint density at radius 1 is 1.12 bits per heavy atom. The second-order valence-corrected chi connectivity index (χ2v) is 8.56. The first kappa shape index (κ1) is 20.8. The molecule has 1 amide bonds. The van der Waals surface area contributed by atoms with E-state index in [0.29, 0.717) is 18.7 Å². The minimum Gasteiger partial charge on any atom is -0.322 e. The second-order valence-electron chi connectivity index (χ2n) is 7.53. The van der Waals surface area contributed by atoms with Crippen molar-refractivity contribution in [2.75, 3.05) is 5.32 Å². The number of amides is 1. The summed E-state index contributed by atoms with van der Waals surface area (Å²) in [6.45, 7) is 2.34. The van der Waals surface area contributed by atoms with Crippen LogP contribution < -0.4 is 16.6 Å². The molecule has 0 bridgehead atoms. The number of aromatic amines is 1. The van der Waals surface area contributed by atoms with Gasteiger partial charge in [0.25, 0.3) is 11.5 Å². The average Bonchev–Trinajstić information content (AvgIpc) is 3.26. The van der Waals surface area contributed by atoms with Gasteiger partial charge < -0.3 is 5.32 Å². The summed E-state index contributed by atoms with van der Waals surface area (Å²) in [7, 11) is 0. The Labute approximate surface area is 191 Å². The van der Waals surface area contributed by atoms with Crippen molar-refractivity contribution in [2.45, 2.75) is 19.9 Å². The number of nitrogens with zero attached hydrogens (tertiary/aromatic N) is 3. The van der Waals surface area contributed by atoms with Crippen molar-refractivity contribution in [1.82, 2.24) is 19.5 Å². The SMILES string of the molecule is CCCn1c(=O)[nH]c(=O)c2cc(C(=O)Nc3cccc(-c4nc5ccccc5s4)c3)cnc21. The molecule has 2 N–H and O–H groups in total. The first-order chi connectivity index (χ1) is 16.0. The number of H-pyrrole nitrogens is 1. The van der Waals surface area contributed by atoms with Crippen molar-refractivity contribution in [1.29, 1.82) is 0 Å². The van der Waals surface area contributed by atoms with Gasteiger partial charge in [-0.15, -0.1) is 11.3 Å². The number of pyridine rings is 1. The molecule has 0 atom stereocenters. The van der Waals surface area contributed by atoms with Gasteiger partial charge in [0.2, 0.25) is 0 Å². The quantitative estimate of drug-likeness (QED) is 0.414. The summed E-state index contributed by atoms with van der Waals surface area (Å²) in [4.78, 5) is 48.5. The number of aromatic nitrogens is 4. The summed E-state index contributed by atoms with van der Waals surface area (Å²) in [5, 5.41) is 3.91. The summed E-state index contributed by atoms with van der Waals surface area (Å²) in [6, 6.07) is 16.8. The molecule has 0 radical (unpaired) electrons. The van der Waals surface area contributed by atoms with Crippen LogP contribution in [0.15, 0.2) is 70.4 Å². The lowest BCUT2D eigenvalue weighted by molar-refractivity contribution is 0.102. The number of rotatable bonds is 5. The first-order valence-electron chi connectivity index (χ1n) is 10.4. The Hall–Kier alpha value is -4.11. The predicted molar refractivity (Wildman–Crippen MR) is 130 cm³/mol. The highest BCUT2D eigenvalue weighted by Gasteiger charge is 2.14. The molecule has 164 valence electrons. The topological polar surface area (TPSA) is 110 Å². The molecule has 5 aromatic rings. The molecule has 3 aromatic heterocycles. The number of aryl methyl sites for hydroxylation is 1. The smallest absolute Gasteiger partial charge is 0.322 e. The minimum atomic E-state index is -0.567. The molecule has 0 aliphatic carbocycles. The number of para-hydroxylation sites is 1. The van der Waals surface area contributed by atoms with Crippen LogP contribution in [-0.4, -0.2) is 25.4 Å². The van der Waals surface area contributed by atoms with Crippen LogP contribution in [0, 0.1) is 0 Å². The first-order valence-corrected chi connectivity index (χ1v) is 11.3. The fourth-order valence-corrected chi connectivity index (χ4v) is 4.61. The number of anilines is 1. The molecule has 9 heteroatoms. The molecule has 2 aromatic carbocycles. The molecular formula is C24H19N5O3S. The van der Waals surface area contributed by atoms with Gasteiger partial charge in [-0.2, -0.15) is 0 Å². The molecule has 0 saturated carbocycles. The Morgan fingerprint density at radius 2 is 1.97 bits per heavy atom. The van der Waals surface area contributed by atoms with E-state index < -0.39 is 17.2 Å². The Kier molecular flexibility index (Phi) is 5.31. The Bertz CT molecular complexity index is 1600. The molecular weight excluding hydrogens is 438 g/mol. The lowest BCUT2D eigenvalue weighted by atomic mass is 10.2.